The van der Waals surface area contributed by atoms with Crippen LogP contribution in [0.5, 0.6) is 0 Å². The predicted octanol–water partition coefficient (Wildman–Crippen LogP) is 2.72. The van der Waals surface area contributed by atoms with Crippen LogP contribution in [0, 0.1) is 6.92 Å². The zero-order chi connectivity index (χ0) is 16.2. The monoisotopic (exact) mass is 309 g/mol. The van der Waals surface area contributed by atoms with E-state index in [1.165, 1.54) is 0 Å². The molecule has 0 radical (unpaired) electrons. The van der Waals surface area contributed by atoms with Crippen LogP contribution in [0.25, 0.3) is 11.5 Å². The Bertz CT molecular complexity index is 815. The van der Waals surface area contributed by atoms with E-state index in [9.17, 15) is 9.90 Å². The number of aliphatic hydroxyl groups excluding tert-OH is 1. The van der Waals surface area contributed by atoms with Crippen molar-refractivity contribution in [3.05, 3.63) is 66.1 Å². The van der Waals surface area contributed by atoms with E-state index < -0.39 is 12.0 Å². The topological polar surface area (TPSA) is 88.2 Å². The number of aromatic nitrogens is 2. The van der Waals surface area contributed by atoms with Gasteiger partial charge in [0.05, 0.1) is 0 Å². The number of carbonyl (C=O) groups excluding carboxylic acids is 1. The molecule has 23 heavy (non-hydrogen) atoms. The highest BCUT2D eigenvalue weighted by Gasteiger charge is 2.17. The second-order valence-electron chi connectivity index (χ2n) is 5.01. The summed E-state index contributed by atoms with van der Waals surface area (Å²) >= 11 is 0. The second kappa shape index (κ2) is 6.41. The van der Waals surface area contributed by atoms with Crippen LogP contribution in [-0.2, 0) is 4.79 Å². The maximum absolute atomic E-state index is 12.2. The van der Waals surface area contributed by atoms with Gasteiger partial charge < -0.3 is 14.8 Å². The molecule has 1 heterocycles. The highest BCUT2D eigenvalue weighted by molar-refractivity contribution is 5.95. The summed E-state index contributed by atoms with van der Waals surface area (Å²) in [6.45, 7) is 1.71. The number of amides is 1. The van der Waals surface area contributed by atoms with E-state index in [2.05, 4.69) is 15.5 Å². The molecule has 0 fully saturated rings. The molecular formula is C17H15N3O3. The summed E-state index contributed by atoms with van der Waals surface area (Å²) in [7, 11) is 0. The van der Waals surface area contributed by atoms with E-state index in [0.29, 0.717) is 28.6 Å². The number of aliphatic hydroxyl groups is 1. The lowest BCUT2D eigenvalue weighted by molar-refractivity contribution is -0.124. The minimum atomic E-state index is -1.23. The fraction of sp³-hybridized carbons (Fsp3) is 0.118. The molecule has 0 saturated carbocycles. The van der Waals surface area contributed by atoms with Crippen molar-refractivity contribution >= 4 is 11.6 Å². The molecule has 116 valence electrons. The zero-order valence-electron chi connectivity index (χ0n) is 12.4. The van der Waals surface area contributed by atoms with Crippen molar-refractivity contribution in [1.29, 1.82) is 0 Å². The molecule has 0 aliphatic rings. The van der Waals surface area contributed by atoms with Gasteiger partial charge in [-0.05, 0) is 23.8 Å². The Balaban J connectivity index is 1.76. The Hall–Kier alpha value is -2.99. The summed E-state index contributed by atoms with van der Waals surface area (Å²) in [5.74, 6) is 0.339. The third-order valence-corrected chi connectivity index (χ3v) is 3.27. The van der Waals surface area contributed by atoms with Gasteiger partial charge in [0.1, 0.15) is 0 Å². The third-order valence-electron chi connectivity index (χ3n) is 3.27. The number of carbonyl (C=O) groups is 1. The Kier molecular flexibility index (Phi) is 4.16. The average Bonchev–Trinajstić information content (AvgIpc) is 3.02. The molecule has 0 bridgehead atoms. The Morgan fingerprint density at radius 1 is 1.13 bits per heavy atom. The molecule has 0 spiro atoms. The summed E-state index contributed by atoms with van der Waals surface area (Å²) < 4.78 is 5.36. The van der Waals surface area contributed by atoms with E-state index in [-0.39, 0.29) is 0 Å². The first-order valence-corrected chi connectivity index (χ1v) is 7.08. The smallest absolute Gasteiger partial charge is 0.257 e. The molecule has 2 aromatic carbocycles. The quantitative estimate of drug-likeness (QED) is 0.773. The number of aryl methyl sites for hydroxylation is 1. The van der Waals surface area contributed by atoms with Gasteiger partial charge in [-0.25, -0.2) is 0 Å². The Labute approximate surface area is 132 Å². The first-order chi connectivity index (χ1) is 11.1. The molecule has 1 aromatic heterocycles. The van der Waals surface area contributed by atoms with Crippen LogP contribution in [0.1, 0.15) is 17.6 Å². The second-order valence-corrected chi connectivity index (χ2v) is 5.01. The number of nitrogens with one attached hydrogen (secondary N) is 1. The molecule has 0 aliphatic carbocycles. The van der Waals surface area contributed by atoms with Gasteiger partial charge in [-0.2, -0.15) is 0 Å². The summed E-state index contributed by atoms with van der Waals surface area (Å²) in [5.41, 5.74) is 1.77. The van der Waals surface area contributed by atoms with Crippen LogP contribution in [-0.4, -0.2) is 21.2 Å². The summed E-state index contributed by atoms with van der Waals surface area (Å²) in [6, 6.07) is 15.8. The molecular weight excluding hydrogens is 294 g/mol. The van der Waals surface area contributed by atoms with Gasteiger partial charge in [-0.1, -0.05) is 36.4 Å². The van der Waals surface area contributed by atoms with Crippen molar-refractivity contribution in [2.24, 2.45) is 0 Å². The van der Waals surface area contributed by atoms with E-state index in [1.54, 1.807) is 55.5 Å². The van der Waals surface area contributed by atoms with Crippen molar-refractivity contribution in [2.45, 2.75) is 13.0 Å². The Morgan fingerprint density at radius 2 is 1.91 bits per heavy atom. The van der Waals surface area contributed by atoms with E-state index in [1.807, 2.05) is 6.07 Å². The highest BCUT2D eigenvalue weighted by atomic mass is 16.4. The number of nitrogens with zero attached hydrogens (tertiary/aromatic N) is 2. The van der Waals surface area contributed by atoms with Crippen LogP contribution in [0.2, 0.25) is 0 Å². The van der Waals surface area contributed by atoms with Crippen LogP contribution in [0.3, 0.4) is 0 Å². The first kappa shape index (κ1) is 14.9. The average molecular weight is 309 g/mol. The predicted molar refractivity (Wildman–Crippen MR) is 84.5 cm³/mol. The molecule has 1 atom stereocenters. The fourth-order valence-electron chi connectivity index (χ4n) is 2.14. The van der Waals surface area contributed by atoms with Crippen LogP contribution in [0.4, 0.5) is 5.69 Å². The SMILES string of the molecule is Cc1nnc(-c2cccc(NC(=O)C(O)c3ccccc3)c2)o1. The third kappa shape index (κ3) is 3.44. The number of benzene rings is 2. The van der Waals surface area contributed by atoms with Crippen LogP contribution >= 0.6 is 0 Å². The van der Waals surface area contributed by atoms with Gasteiger partial charge in [0.25, 0.3) is 5.91 Å². The molecule has 6 nitrogen and oxygen atoms in total. The largest absolute Gasteiger partial charge is 0.421 e. The van der Waals surface area contributed by atoms with Gasteiger partial charge in [-0.15, -0.1) is 10.2 Å². The van der Waals surface area contributed by atoms with Gasteiger partial charge in [-0.3, -0.25) is 4.79 Å². The fourth-order valence-corrected chi connectivity index (χ4v) is 2.14. The number of rotatable bonds is 4. The minimum Gasteiger partial charge on any atom is -0.421 e. The first-order valence-electron chi connectivity index (χ1n) is 7.08. The molecule has 6 heteroatoms. The van der Waals surface area contributed by atoms with Crippen LogP contribution in [0.15, 0.2) is 59.0 Å². The maximum atomic E-state index is 12.2. The van der Waals surface area contributed by atoms with E-state index in [4.69, 9.17) is 4.42 Å². The van der Waals surface area contributed by atoms with Crippen LogP contribution < -0.4 is 5.32 Å². The van der Waals surface area contributed by atoms with Crippen molar-refractivity contribution in [3.8, 4) is 11.5 Å². The lowest BCUT2D eigenvalue weighted by Gasteiger charge is -2.12. The maximum Gasteiger partial charge on any atom is 0.257 e. The van der Waals surface area contributed by atoms with Crippen molar-refractivity contribution in [3.63, 3.8) is 0 Å². The lowest BCUT2D eigenvalue weighted by Crippen LogP contribution is -2.20. The molecule has 0 saturated heterocycles. The molecule has 1 amide bonds. The van der Waals surface area contributed by atoms with Gasteiger partial charge in [0.15, 0.2) is 6.10 Å². The Morgan fingerprint density at radius 3 is 2.61 bits per heavy atom. The summed E-state index contributed by atoms with van der Waals surface area (Å²) in [5, 5.41) is 20.5. The summed E-state index contributed by atoms with van der Waals surface area (Å²) in [6.07, 6.45) is -1.23. The molecule has 0 aliphatic heterocycles. The number of hydrogen-bond acceptors (Lipinski definition) is 5. The van der Waals surface area contributed by atoms with Gasteiger partial charge >= 0.3 is 0 Å². The van der Waals surface area contributed by atoms with Gasteiger partial charge in [0.2, 0.25) is 11.8 Å². The van der Waals surface area contributed by atoms with Crippen molar-refractivity contribution in [2.75, 3.05) is 5.32 Å². The normalized spacial score (nSPS) is 11.9. The van der Waals surface area contributed by atoms with Crippen molar-refractivity contribution < 1.29 is 14.3 Å². The molecule has 3 aromatic rings. The molecule has 2 N–H and O–H groups in total. The zero-order valence-corrected chi connectivity index (χ0v) is 12.4. The lowest BCUT2D eigenvalue weighted by atomic mass is 10.1. The summed E-state index contributed by atoms with van der Waals surface area (Å²) in [4.78, 5) is 12.2. The number of hydrogen-bond donors (Lipinski definition) is 2. The molecule has 3 rings (SSSR count). The van der Waals surface area contributed by atoms with Crippen molar-refractivity contribution in [1.82, 2.24) is 10.2 Å². The van der Waals surface area contributed by atoms with Gasteiger partial charge in [0, 0.05) is 18.2 Å². The number of anilines is 1. The highest BCUT2D eigenvalue weighted by Crippen LogP contribution is 2.22. The van der Waals surface area contributed by atoms with E-state index in [0.717, 1.165) is 0 Å². The van der Waals surface area contributed by atoms with E-state index >= 15 is 0 Å². The minimum absolute atomic E-state index is 0.377. The standard InChI is InChI=1S/C17H15N3O3/c1-11-19-20-17(23-11)13-8-5-9-14(10-13)18-16(22)15(21)12-6-3-2-4-7-12/h2-10,15,21H,1H3,(H,18,22). The molecule has 1 unspecified atom stereocenters.